The lowest BCUT2D eigenvalue weighted by Gasteiger charge is -2.22. The van der Waals surface area contributed by atoms with Gasteiger partial charge in [-0.2, -0.15) is 0 Å². The van der Waals surface area contributed by atoms with Crippen molar-refractivity contribution in [2.24, 2.45) is 0 Å². The molecule has 0 N–H and O–H groups in total. The van der Waals surface area contributed by atoms with Crippen LogP contribution in [0.1, 0.15) is 22.3 Å². The first kappa shape index (κ1) is 42.9. The highest BCUT2D eigenvalue weighted by molar-refractivity contribution is 6.13. The number of hydrogen-bond donors (Lipinski definition) is 0. The zero-order valence-electron chi connectivity index (χ0n) is 40.7. The van der Waals surface area contributed by atoms with Crippen LogP contribution in [0.2, 0.25) is 0 Å². The fraction of sp³-hybridized carbons (Fsp3) is 0.0588. The second-order valence-electron chi connectivity index (χ2n) is 19.2. The van der Waals surface area contributed by atoms with Gasteiger partial charge in [-0.3, -0.25) is 0 Å². The SMILES string of the molecule is Cc1ccc(-c2ccc3c(c2)c2ccccc2n3-c2ccccc2-c2c(-c3cc(-c4ccccc4)nc(-c4ccccc4)n3)cccc2-n2c3ccccc3c3cc(-c4ccc(C)cc4C)ccc32)c(C)c1. The summed E-state index contributed by atoms with van der Waals surface area (Å²) in [5.74, 6) is 0.675. The van der Waals surface area contributed by atoms with Crippen molar-refractivity contribution >= 4 is 43.6 Å². The maximum atomic E-state index is 5.51. The first-order chi connectivity index (χ1) is 35.4. The highest BCUT2D eigenvalue weighted by atomic mass is 15.0. The van der Waals surface area contributed by atoms with Crippen molar-refractivity contribution in [3.63, 3.8) is 0 Å². The Balaban J connectivity index is 1.12. The number of aromatic nitrogens is 4. The summed E-state index contributed by atoms with van der Waals surface area (Å²) in [7, 11) is 0. The number of para-hydroxylation sites is 3. The second-order valence-corrected chi connectivity index (χ2v) is 19.2. The van der Waals surface area contributed by atoms with Gasteiger partial charge in [0, 0.05) is 49.4 Å². The van der Waals surface area contributed by atoms with Crippen LogP contribution in [-0.4, -0.2) is 19.1 Å². The van der Waals surface area contributed by atoms with Gasteiger partial charge in [0.15, 0.2) is 5.82 Å². The van der Waals surface area contributed by atoms with Crippen molar-refractivity contribution < 1.29 is 0 Å². The average Bonchev–Trinajstić information content (AvgIpc) is 3.93. The summed E-state index contributed by atoms with van der Waals surface area (Å²) in [5, 5.41) is 4.82. The van der Waals surface area contributed by atoms with Gasteiger partial charge in [0.2, 0.25) is 0 Å². The van der Waals surface area contributed by atoms with E-state index in [0.29, 0.717) is 5.82 Å². The van der Waals surface area contributed by atoms with Crippen molar-refractivity contribution in [2.45, 2.75) is 27.7 Å². The van der Waals surface area contributed by atoms with Crippen molar-refractivity contribution in [2.75, 3.05) is 0 Å². The third-order valence-corrected chi connectivity index (χ3v) is 14.5. The Kier molecular flexibility index (Phi) is 10.4. The molecule has 4 nitrogen and oxygen atoms in total. The Bertz CT molecular complexity index is 4190. The standard InChI is InChI=1S/C68H50N4/c1-43-30-34-51(45(3)38-43)49-32-36-64-57(40-49)53-22-11-14-26-61(53)71(64)63-28-16-13-24-56(63)67-55(60-42-59(47-18-7-5-8-19-47)69-68(70-60)48-20-9-6-10-21-48)25-17-29-66(67)72-62-27-15-12-23-54(62)58-41-50(33-37-65(58)72)52-35-31-44(2)39-46(52)4/h5-42H,1-4H3. The summed E-state index contributed by atoms with van der Waals surface area (Å²) >= 11 is 0. The Labute approximate surface area is 419 Å². The van der Waals surface area contributed by atoms with E-state index in [0.717, 1.165) is 72.6 Å². The molecule has 0 saturated heterocycles. The number of rotatable bonds is 8. The molecule has 0 fully saturated rings. The summed E-state index contributed by atoms with van der Waals surface area (Å²) in [6.45, 7) is 8.75. The first-order valence-corrected chi connectivity index (χ1v) is 24.8. The van der Waals surface area contributed by atoms with Crippen LogP contribution >= 0.6 is 0 Å². The molecule has 342 valence electrons. The van der Waals surface area contributed by atoms with E-state index in [2.05, 4.69) is 261 Å². The minimum Gasteiger partial charge on any atom is -0.309 e. The van der Waals surface area contributed by atoms with E-state index in [9.17, 15) is 0 Å². The fourth-order valence-corrected chi connectivity index (χ4v) is 11.2. The summed E-state index contributed by atoms with van der Waals surface area (Å²) in [5.41, 5.74) is 23.5. The van der Waals surface area contributed by atoms with Crippen LogP contribution in [0.15, 0.2) is 231 Å². The molecule has 0 aliphatic carbocycles. The van der Waals surface area contributed by atoms with Crippen LogP contribution in [0.3, 0.4) is 0 Å². The summed E-state index contributed by atoms with van der Waals surface area (Å²) in [6, 6.07) is 83.8. The highest BCUT2D eigenvalue weighted by Crippen LogP contribution is 2.46. The molecule has 72 heavy (non-hydrogen) atoms. The van der Waals surface area contributed by atoms with E-state index < -0.39 is 0 Å². The third-order valence-electron chi connectivity index (χ3n) is 14.5. The molecule has 0 bridgehead atoms. The number of aryl methyl sites for hydroxylation is 4. The number of benzene rings is 10. The van der Waals surface area contributed by atoms with Crippen LogP contribution in [0, 0.1) is 27.7 Å². The van der Waals surface area contributed by atoms with Crippen LogP contribution < -0.4 is 0 Å². The zero-order valence-corrected chi connectivity index (χ0v) is 40.7. The third kappa shape index (κ3) is 7.22. The van der Waals surface area contributed by atoms with Gasteiger partial charge in [-0.25, -0.2) is 9.97 Å². The number of nitrogens with zero attached hydrogens (tertiary/aromatic N) is 4. The van der Waals surface area contributed by atoms with Crippen LogP contribution in [-0.2, 0) is 0 Å². The molecule has 0 radical (unpaired) electrons. The molecule has 0 aliphatic rings. The fourth-order valence-electron chi connectivity index (χ4n) is 11.2. The topological polar surface area (TPSA) is 35.6 Å². The van der Waals surface area contributed by atoms with Crippen molar-refractivity contribution in [3.05, 3.63) is 253 Å². The van der Waals surface area contributed by atoms with E-state index in [1.165, 1.54) is 66.1 Å². The predicted molar refractivity (Wildman–Crippen MR) is 302 cm³/mol. The number of fused-ring (bicyclic) bond motifs is 6. The molecule has 0 saturated carbocycles. The normalized spacial score (nSPS) is 11.6. The molecule has 3 aromatic heterocycles. The number of hydrogen-bond acceptors (Lipinski definition) is 2. The lowest BCUT2D eigenvalue weighted by Crippen LogP contribution is -2.04. The van der Waals surface area contributed by atoms with E-state index in [1.807, 2.05) is 6.07 Å². The van der Waals surface area contributed by atoms with Crippen LogP contribution in [0.4, 0.5) is 0 Å². The maximum Gasteiger partial charge on any atom is 0.160 e. The van der Waals surface area contributed by atoms with Gasteiger partial charge in [-0.1, -0.05) is 187 Å². The molecule has 0 aliphatic heterocycles. The molecule has 10 aromatic carbocycles. The molecule has 4 heteroatoms. The first-order valence-electron chi connectivity index (χ1n) is 24.8. The van der Waals surface area contributed by atoms with Gasteiger partial charge in [-0.15, -0.1) is 0 Å². The van der Waals surface area contributed by atoms with Gasteiger partial charge in [0.25, 0.3) is 0 Å². The van der Waals surface area contributed by atoms with Crippen molar-refractivity contribution in [3.8, 4) is 78.7 Å². The second kappa shape index (κ2) is 17.4. The van der Waals surface area contributed by atoms with Gasteiger partial charge in [0.05, 0.1) is 44.8 Å². The van der Waals surface area contributed by atoms with Gasteiger partial charge in [-0.05, 0) is 116 Å². The molecule has 0 unspecified atom stereocenters. The van der Waals surface area contributed by atoms with Crippen LogP contribution in [0.25, 0.3) is 122 Å². The summed E-state index contributed by atoms with van der Waals surface area (Å²) < 4.78 is 4.95. The molecular formula is C68H50N4. The van der Waals surface area contributed by atoms with Crippen LogP contribution in [0.5, 0.6) is 0 Å². The Hall–Kier alpha value is -9.12. The zero-order chi connectivity index (χ0) is 48.5. The average molecular weight is 923 g/mol. The Morgan fingerprint density at radius 3 is 1.36 bits per heavy atom. The van der Waals surface area contributed by atoms with E-state index >= 15 is 0 Å². The highest BCUT2D eigenvalue weighted by Gasteiger charge is 2.25. The lowest BCUT2D eigenvalue weighted by atomic mass is 9.93. The van der Waals surface area contributed by atoms with E-state index in [1.54, 1.807) is 0 Å². The largest absolute Gasteiger partial charge is 0.309 e. The minimum absolute atomic E-state index is 0.675. The Morgan fingerprint density at radius 2 is 0.764 bits per heavy atom. The van der Waals surface area contributed by atoms with Gasteiger partial charge in [0.1, 0.15) is 0 Å². The molecule has 13 aromatic rings. The predicted octanol–water partition coefficient (Wildman–Crippen LogP) is 17.9. The maximum absolute atomic E-state index is 5.51. The van der Waals surface area contributed by atoms with Crippen molar-refractivity contribution in [1.82, 2.24) is 19.1 Å². The summed E-state index contributed by atoms with van der Waals surface area (Å²) in [4.78, 5) is 10.8. The molecule has 0 atom stereocenters. The molecule has 0 amide bonds. The molecular weight excluding hydrogens is 873 g/mol. The van der Waals surface area contributed by atoms with E-state index in [-0.39, 0.29) is 0 Å². The monoisotopic (exact) mass is 922 g/mol. The summed E-state index contributed by atoms with van der Waals surface area (Å²) in [6.07, 6.45) is 0. The molecule has 3 heterocycles. The van der Waals surface area contributed by atoms with Crippen molar-refractivity contribution in [1.29, 1.82) is 0 Å². The molecule has 0 spiro atoms. The van der Waals surface area contributed by atoms with E-state index in [4.69, 9.17) is 9.97 Å². The van der Waals surface area contributed by atoms with Gasteiger partial charge < -0.3 is 9.13 Å². The minimum atomic E-state index is 0.675. The quantitative estimate of drug-likeness (QED) is 0.152. The molecule has 13 rings (SSSR count). The lowest BCUT2D eigenvalue weighted by molar-refractivity contribution is 1.15. The Morgan fingerprint density at radius 1 is 0.292 bits per heavy atom. The van der Waals surface area contributed by atoms with Gasteiger partial charge >= 0.3 is 0 Å². The smallest absolute Gasteiger partial charge is 0.160 e.